The Labute approximate surface area is 157 Å². The Hall–Kier alpha value is -3.24. The zero-order valence-corrected chi connectivity index (χ0v) is 15.2. The predicted molar refractivity (Wildman–Crippen MR) is 103 cm³/mol. The standard InChI is InChI=1S/C20H20N6O/c1-15-2-3-19-23-17(10-20(27)26(19)13-15)14-24-6-8-25(9-7-24)18-12-22-5-4-16(18)11-21/h2-5,10,12-13H,6-9,14H2,1H3. The van der Waals surface area contributed by atoms with Crippen molar-refractivity contribution in [2.75, 3.05) is 31.1 Å². The summed E-state index contributed by atoms with van der Waals surface area (Å²) in [4.78, 5) is 25.6. The molecule has 3 aromatic rings. The van der Waals surface area contributed by atoms with E-state index in [2.05, 4.69) is 25.8 Å². The first-order chi connectivity index (χ1) is 13.1. The van der Waals surface area contributed by atoms with Crippen LogP contribution in [0, 0.1) is 18.3 Å². The van der Waals surface area contributed by atoms with Crippen molar-refractivity contribution in [3.05, 3.63) is 70.0 Å². The molecule has 0 bridgehead atoms. The average Bonchev–Trinajstić information content (AvgIpc) is 2.69. The van der Waals surface area contributed by atoms with Crippen molar-refractivity contribution in [3.8, 4) is 6.07 Å². The van der Waals surface area contributed by atoms with E-state index in [1.54, 1.807) is 28.9 Å². The molecule has 0 atom stereocenters. The highest BCUT2D eigenvalue weighted by Crippen LogP contribution is 2.20. The minimum absolute atomic E-state index is 0.0497. The third kappa shape index (κ3) is 3.52. The molecule has 7 nitrogen and oxygen atoms in total. The van der Waals surface area contributed by atoms with E-state index in [0.717, 1.165) is 43.1 Å². The SMILES string of the molecule is Cc1ccc2nc(CN3CCN(c4cnccc4C#N)CC3)cc(=O)n2c1. The van der Waals surface area contributed by atoms with E-state index in [0.29, 0.717) is 17.8 Å². The third-order valence-corrected chi connectivity index (χ3v) is 4.88. The van der Waals surface area contributed by atoms with Gasteiger partial charge < -0.3 is 4.90 Å². The zero-order chi connectivity index (χ0) is 18.8. The van der Waals surface area contributed by atoms with Crippen molar-refractivity contribution in [1.29, 1.82) is 5.26 Å². The van der Waals surface area contributed by atoms with Gasteiger partial charge in [0, 0.05) is 51.2 Å². The average molecular weight is 360 g/mol. The van der Waals surface area contributed by atoms with Gasteiger partial charge in [-0.25, -0.2) is 4.98 Å². The highest BCUT2D eigenvalue weighted by atomic mass is 16.1. The van der Waals surface area contributed by atoms with Gasteiger partial charge in [0.25, 0.3) is 5.56 Å². The Kier molecular flexibility index (Phi) is 4.57. The number of aromatic nitrogens is 3. The maximum Gasteiger partial charge on any atom is 0.258 e. The molecular weight excluding hydrogens is 340 g/mol. The second-order valence-electron chi connectivity index (χ2n) is 6.79. The smallest absolute Gasteiger partial charge is 0.258 e. The van der Waals surface area contributed by atoms with E-state index in [1.165, 1.54) is 0 Å². The lowest BCUT2D eigenvalue weighted by Gasteiger charge is -2.36. The van der Waals surface area contributed by atoms with Crippen LogP contribution in [0.3, 0.4) is 0 Å². The van der Waals surface area contributed by atoms with Crippen molar-refractivity contribution in [2.24, 2.45) is 0 Å². The second kappa shape index (κ2) is 7.17. The number of aryl methyl sites for hydroxylation is 1. The summed E-state index contributed by atoms with van der Waals surface area (Å²) in [5, 5.41) is 9.27. The number of anilines is 1. The Morgan fingerprint density at radius 2 is 2.00 bits per heavy atom. The van der Waals surface area contributed by atoms with Gasteiger partial charge in [0.2, 0.25) is 0 Å². The van der Waals surface area contributed by atoms with Crippen molar-refractivity contribution in [2.45, 2.75) is 13.5 Å². The molecule has 3 aromatic heterocycles. The summed E-state index contributed by atoms with van der Waals surface area (Å²) >= 11 is 0. The third-order valence-electron chi connectivity index (χ3n) is 4.88. The molecule has 0 radical (unpaired) electrons. The maximum atomic E-state index is 12.4. The molecule has 1 aliphatic heterocycles. The van der Waals surface area contributed by atoms with E-state index >= 15 is 0 Å². The second-order valence-corrected chi connectivity index (χ2v) is 6.79. The number of fused-ring (bicyclic) bond motifs is 1. The molecule has 136 valence electrons. The number of piperazine rings is 1. The first-order valence-corrected chi connectivity index (χ1v) is 8.94. The molecule has 0 unspecified atom stereocenters. The molecule has 0 amide bonds. The molecule has 1 saturated heterocycles. The van der Waals surface area contributed by atoms with Gasteiger partial charge in [0.15, 0.2) is 0 Å². The number of nitrogens with zero attached hydrogens (tertiary/aromatic N) is 6. The quantitative estimate of drug-likeness (QED) is 0.706. The molecule has 0 N–H and O–H groups in total. The molecule has 0 spiro atoms. The number of rotatable bonds is 3. The van der Waals surface area contributed by atoms with E-state index < -0.39 is 0 Å². The number of hydrogen-bond donors (Lipinski definition) is 0. The number of nitriles is 1. The Balaban J connectivity index is 1.47. The largest absolute Gasteiger partial charge is 0.367 e. The van der Waals surface area contributed by atoms with E-state index in [9.17, 15) is 10.1 Å². The predicted octanol–water partition coefficient (Wildman–Crippen LogP) is 1.59. The van der Waals surface area contributed by atoms with Crippen LogP contribution in [0.4, 0.5) is 5.69 Å². The van der Waals surface area contributed by atoms with Crippen molar-refractivity contribution >= 4 is 11.3 Å². The molecule has 7 heteroatoms. The molecule has 1 aliphatic rings. The molecule has 4 heterocycles. The van der Waals surface area contributed by atoms with Gasteiger partial charge in [0.1, 0.15) is 11.7 Å². The van der Waals surface area contributed by atoms with Crippen molar-refractivity contribution < 1.29 is 0 Å². The zero-order valence-electron chi connectivity index (χ0n) is 15.2. The van der Waals surface area contributed by atoms with Crippen LogP contribution in [-0.2, 0) is 6.54 Å². The Morgan fingerprint density at radius 1 is 1.19 bits per heavy atom. The van der Waals surface area contributed by atoms with Gasteiger partial charge in [-0.05, 0) is 24.6 Å². The lowest BCUT2D eigenvalue weighted by molar-refractivity contribution is 0.247. The van der Waals surface area contributed by atoms with E-state index in [-0.39, 0.29) is 5.56 Å². The maximum absolute atomic E-state index is 12.4. The summed E-state index contributed by atoms with van der Waals surface area (Å²) in [6.45, 7) is 5.91. The normalized spacial score (nSPS) is 15.0. The van der Waals surface area contributed by atoms with Gasteiger partial charge in [-0.15, -0.1) is 0 Å². The van der Waals surface area contributed by atoms with Gasteiger partial charge in [0.05, 0.1) is 23.1 Å². The highest BCUT2D eigenvalue weighted by Gasteiger charge is 2.20. The Bertz CT molecular complexity index is 1080. The lowest BCUT2D eigenvalue weighted by Crippen LogP contribution is -2.46. The first kappa shape index (κ1) is 17.2. The van der Waals surface area contributed by atoms with Crippen LogP contribution in [0.2, 0.25) is 0 Å². The number of hydrogen-bond acceptors (Lipinski definition) is 6. The van der Waals surface area contributed by atoms with Crippen LogP contribution in [0.5, 0.6) is 0 Å². The molecule has 0 saturated carbocycles. The molecule has 1 fully saturated rings. The fourth-order valence-corrected chi connectivity index (χ4v) is 3.45. The fourth-order valence-electron chi connectivity index (χ4n) is 3.45. The van der Waals surface area contributed by atoms with E-state index in [1.807, 2.05) is 25.3 Å². The monoisotopic (exact) mass is 360 g/mol. The topological polar surface area (TPSA) is 77.5 Å². The summed E-state index contributed by atoms with van der Waals surface area (Å²) in [5.74, 6) is 0. The fraction of sp³-hybridized carbons (Fsp3) is 0.300. The van der Waals surface area contributed by atoms with Crippen LogP contribution in [0.1, 0.15) is 16.8 Å². The van der Waals surface area contributed by atoms with Gasteiger partial charge in [-0.2, -0.15) is 5.26 Å². The number of pyridine rings is 2. The Morgan fingerprint density at radius 3 is 2.78 bits per heavy atom. The van der Waals surface area contributed by atoms with Crippen molar-refractivity contribution in [3.63, 3.8) is 0 Å². The van der Waals surface area contributed by atoms with Crippen LogP contribution in [0.25, 0.3) is 5.65 Å². The summed E-state index contributed by atoms with van der Waals surface area (Å²) < 4.78 is 1.59. The molecule has 27 heavy (non-hydrogen) atoms. The summed E-state index contributed by atoms with van der Waals surface area (Å²) in [6, 6.07) is 9.44. The molecule has 4 rings (SSSR count). The van der Waals surface area contributed by atoms with Gasteiger partial charge in [-0.3, -0.25) is 19.1 Å². The van der Waals surface area contributed by atoms with Crippen LogP contribution in [-0.4, -0.2) is 45.4 Å². The van der Waals surface area contributed by atoms with Gasteiger partial charge >= 0.3 is 0 Å². The van der Waals surface area contributed by atoms with Crippen molar-refractivity contribution in [1.82, 2.24) is 19.3 Å². The van der Waals surface area contributed by atoms with Crippen LogP contribution < -0.4 is 10.5 Å². The highest BCUT2D eigenvalue weighted by molar-refractivity contribution is 5.57. The van der Waals surface area contributed by atoms with E-state index in [4.69, 9.17) is 0 Å². The summed E-state index contributed by atoms with van der Waals surface area (Å²) in [5.41, 5.74) is 3.98. The lowest BCUT2D eigenvalue weighted by atomic mass is 10.2. The minimum atomic E-state index is -0.0497. The van der Waals surface area contributed by atoms with Crippen LogP contribution >= 0.6 is 0 Å². The summed E-state index contributed by atoms with van der Waals surface area (Å²) in [7, 11) is 0. The molecule has 0 aromatic carbocycles. The molecule has 0 aliphatic carbocycles. The van der Waals surface area contributed by atoms with Gasteiger partial charge in [-0.1, -0.05) is 6.07 Å². The molecular formula is C20H20N6O. The minimum Gasteiger partial charge on any atom is -0.367 e. The van der Waals surface area contributed by atoms with Crippen LogP contribution in [0.15, 0.2) is 47.7 Å². The first-order valence-electron chi connectivity index (χ1n) is 8.94. The summed E-state index contributed by atoms with van der Waals surface area (Å²) in [6.07, 6.45) is 5.21.